The molecule has 2 amide bonds. The van der Waals surface area contributed by atoms with Gasteiger partial charge in [0.2, 0.25) is 18.6 Å². The molecule has 10 nitrogen and oxygen atoms in total. The number of nitrogens with zero attached hydrogens (tertiary/aromatic N) is 3. The summed E-state index contributed by atoms with van der Waals surface area (Å²) in [6.07, 6.45) is 1.69. The van der Waals surface area contributed by atoms with Crippen LogP contribution < -0.4 is 24.3 Å². The Labute approximate surface area is 190 Å². The highest BCUT2D eigenvalue weighted by atomic mass is 16.7. The maximum Gasteiger partial charge on any atom is 0.321 e. The monoisotopic (exact) mass is 452 g/mol. The minimum absolute atomic E-state index is 0.0440. The van der Waals surface area contributed by atoms with E-state index in [4.69, 9.17) is 23.4 Å². The number of benzene rings is 2. The van der Waals surface area contributed by atoms with Gasteiger partial charge in [0.05, 0.1) is 25.8 Å². The number of fused-ring (bicyclic) bond motifs is 1. The third-order valence-corrected chi connectivity index (χ3v) is 5.77. The molecule has 10 heteroatoms. The third kappa shape index (κ3) is 4.23. The summed E-state index contributed by atoms with van der Waals surface area (Å²) in [6, 6.07) is 10.5. The van der Waals surface area contributed by atoms with Gasteiger partial charge in [-0.25, -0.2) is 4.79 Å². The quantitative estimate of drug-likeness (QED) is 0.621. The van der Waals surface area contributed by atoms with Crippen molar-refractivity contribution in [3.63, 3.8) is 0 Å². The maximum absolute atomic E-state index is 12.9. The number of amides is 2. The summed E-state index contributed by atoms with van der Waals surface area (Å²) in [6.45, 7) is 1.33. The summed E-state index contributed by atoms with van der Waals surface area (Å²) < 4.78 is 27.3. The number of ether oxygens (including phenoxy) is 4. The largest absolute Gasteiger partial charge is 0.497 e. The first-order valence-corrected chi connectivity index (χ1v) is 10.7. The van der Waals surface area contributed by atoms with E-state index in [1.165, 1.54) is 0 Å². The molecule has 0 saturated carbocycles. The summed E-state index contributed by atoms with van der Waals surface area (Å²) in [5.74, 6) is 3.41. The zero-order chi connectivity index (χ0) is 22.8. The Hall–Kier alpha value is -3.95. The van der Waals surface area contributed by atoms with E-state index < -0.39 is 0 Å². The average molecular weight is 452 g/mol. The number of carbonyl (C=O) groups excluding carboxylic acids is 1. The van der Waals surface area contributed by atoms with Crippen LogP contribution in [0.5, 0.6) is 23.0 Å². The molecular weight excluding hydrogens is 428 g/mol. The first-order valence-electron chi connectivity index (χ1n) is 10.7. The van der Waals surface area contributed by atoms with Crippen molar-refractivity contribution in [2.24, 2.45) is 0 Å². The molecular formula is C23H24N4O6. The second-order valence-corrected chi connectivity index (χ2v) is 7.80. The second-order valence-electron chi connectivity index (χ2n) is 7.80. The molecule has 1 saturated heterocycles. The van der Waals surface area contributed by atoms with Crippen molar-refractivity contribution in [1.29, 1.82) is 0 Å². The highest BCUT2D eigenvalue weighted by Gasteiger charge is 2.29. The molecule has 1 aromatic heterocycles. The van der Waals surface area contributed by atoms with E-state index in [0.717, 1.165) is 18.4 Å². The molecule has 2 aliphatic rings. The Morgan fingerprint density at radius 1 is 1.09 bits per heavy atom. The number of likely N-dealkylation sites (tertiary alicyclic amines) is 1. The molecule has 0 radical (unpaired) electrons. The van der Waals surface area contributed by atoms with Crippen molar-refractivity contribution in [3.05, 3.63) is 42.3 Å². The zero-order valence-corrected chi connectivity index (χ0v) is 18.4. The molecule has 5 rings (SSSR count). The highest BCUT2D eigenvalue weighted by molar-refractivity contribution is 5.91. The SMILES string of the molecule is COc1ccc(NC(=O)N2CCCC(c3nnc(-c4ccc5c(c4)OCO5)o3)C2)c(OC)c1. The van der Waals surface area contributed by atoms with Gasteiger partial charge in [-0.15, -0.1) is 10.2 Å². The molecule has 1 N–H and O–H groups in total. The fourth-order valence-corrected chi connectivity index (χ4v) is 4.01. The average Bonchev–Trinajstić information content (AvgIpc) is 3.53. The number of nitrogens with one attached hydrogen (secondary N) is 1. The molecule has 2 aromatic carbocycles. The van der Waals surface area contributed by atoms with Crippen LogP contribution >= 0.6 is 0 Å². The molecule has 1 unspecified atom stereocenters. The number of hydrogen-bond donors (Lipinski definition) is 1. The fourth-order valence-electron chi connectivity index (χ4n) is 4.01. The van der Waals surface area contributed by atoms with Crippen LogP contribution in [0.4, 0.5) is 10.5 Å². The number of carbonyl (C=O) groups is 1. The smallest absolute Gasteiger partial charge is 0.321 e. The zero-order valence-electron chi connectivity index (χ0n) is 18.4. The van der Waals surface area contributed by atoms with Crippen LogP contribution in [0.15, 0.2) is 40.8 Å². The van der Waals surface area contributed by atoms with E-state index in [0.29, 0.717) is 53.6 Å². The van der Waals surface area contributed by atoms with Crippen molar-refractivity contribution in [2.45, 2.75) is 18.8 Å². The minimum Gasteiger partial charge on any atom is -0.497 e. The molecule has 0 bridgehead atoms. The Bertz CT molecular complexity index is 1160. The lowest BCUT2D eigenvalue weighted by Gasteiger charge is -2.31. The van der Waals surface area contributed by atoms with Crippen LogP contribution in [-0.4, -0.2) is 55.2 Å². The van der Waals surface area contributed by atoms with Crippen LogP contribution in [0.1, 0.15) is 24.7 Å². The van der Waals surface area contributed by atoms with Gasteiger partial charge in [0.1, 0.15) is 11.5 Å². The van der Waals surface area contributed by atoms with Gasteiger partial charge in [0.25, 0.3) is 0 Å². The first-order chi connectivity index (χ1) is 16.1. The standard InChI is InChI=1S/C23H24N4O6/c1-29-16-6-7-17(19(11-16)30-2)24-23(28)27-9-3-4-15(12-27)22-26-25-21(33-22)14-5-8-18-20(10-14)32-13-31-18/h5-8,10-11,15H,3-4,9,12-13H2,1-2H3,(H,24,28). The summed E-state index contributed by atoms with van der Waals surface area (Å²) in [5.41, 5.74) is 1.34. The van der Waals surface area contributed by atoms with Gasteiger partial charge in [0, 0.05) is 24.7 Å². The molecule has 3 aromatic rings. The molecule has 2 aliphatic heterocycles. The van der Waals surface area contributed by atoms with Gasteiger partial charge < -0.3 is 33.6 Å². The fraction of sp³-hybridized carbons (Fsp3) is 0.348. The van der Waals surface area contributed by atoms with E-state index in [1.807, 2.05) is 18.2 Å². The molecule has 1 fully saturated rings. The van der Waals surface area contributed by atoms with E-state index in [1.54, 1.807) is 37.3 Å². The van der Waals surface area contributed by atoms with Crippen molar-refractivity contribution in [1.82, 2.24) is 15.1 Å². The van der Waals surface area contributed by atoms with Gasteiger partial charge in [-0.3, -0.25) is 0 Å². The normalized spacial score (nSPS) is 17.0. The maximum atomic E-state index is 12.9. The van der Waals surface area contributed by atoms with E-state index in [-0.39, 0.29) is 18.7 Å². The molecule has 1 atom stereocenters. The molecule has 3 heterocycles. The number of urea groups is 1. The van der Waals surface area contributed by atoms with Crippen LogP contribution in [0.2, 0.25) is 0 Å². The van der Waals surface area contributed by atoms with Crippen LogP contribution in [0.3, 0.4) is 0 Å². The van der Waals surface area contributed by atoms with Crippen molar-refractivity contribution < 1.29 is 28.2 Å². The highest BCUT2D eigenvalue weighted by Crippen LogP contribution is 2.36. The lowest BCUT2D eigenvalue weighted by atomic mass is 9.98. The van der Waals surface area contributed by atoms with Crippen LogP contribution in [0.25, 0.3) is 11.5 Å². The molecule has 33 heavy (non-hydrogen) atoms. The topological polar surface area (TPSA) is 108 Å². The third-order valence-electron chi connectivity index (χ3n) is 5.77. The number of methoxy groups -OCH3 is 2. The number of rotatable bonds is 5. The van der Waals surface area contributed by atoms with E-state index in [9.17, 15) is 4.79 Å². The predicted octanol–water partition coefficient (Wildman–Crippen LogP) is 3.89. The summed E-state index contributed by atoms with van der Waals surface area (Å²) >= 11 is 0. The number of hydrogen-bond acceptors (Lipinski definition) is 8. The number of anilines is 1. The molecule has 0 aliphatic carbocycles. The summed E-state index contributed by atoms with van der Waals surface area (Å²) in [7, 11) is 3.13. The summed E-state index contributed by atoms with van der Waals surface area (Å²) in [4.78, 5) is 14.7. The Balaban J connectivity index is 1.27. The first kappa shape index (κ1) is 20.9. The Kier molecular flexibility index (Phi) is 5.64. The van der Waals surface area contributed by atoms with Gasteiger partial charge in [-0.1, -0.05) is 0 Å². The molecule has 0 spiro atoms. The molecule has 172 valence electrons. The Morgan fingerprint density at radius 3 is 2.82 bits per heavy atom. The van der Waals surface area contributed by atoms with Gasteiger partial charge in [-0.05, 0) is 43.2 Å². The summed E-state index contributed by atoms with van der Waals surface area (Å²) in [5, 5.41) is 11.4. The van der Waals surface area contributed by atoms with Crippen molar-refractivity contribution in [2.75, 3.05) is 39.4 Å². The minimum atomic E-state index is -0.210. The van der Waals surface area contributed by atoms with Crippen molar-refractivity contribution >= 4 is 11.7 Å². The van der Waals surface area contributed by atoms with Crippen molar-refractivity contribution in [3.8, 4) is 34.5 Å². The lowest BCUT2D eigenvalue weighted by Crippen LogP contribution is -2.41. The van der Waals surface area contributed by atoms with E-state index >= 15 is 0 Å². The Morgan fingerprint density at radius 2 is 1.97 bits per heavy atom. The van der Waals surface area contributed by atoms with Gasteiger partial charge in [0.15, 0.2) is 11.5 Å². The van der Waals surface area contributed by atoms with Gasteiger partial charge >= 0.3 is 6.03 Å². The van der Waals surface area contributed by atoms with E-state index in [2.05, 4.69) is 15.5 Å². The van der Waals surface area contributed by atoms with Crippen LogP contribution in [-0.2, 0) is 0 Å². The second kappa shape index (κ2) is 8.89. The predicted molar refractivity (Wildman–Crippen MR) is 118 cm³/mol. The number of aromatic nitrogens is 2. The lowest BCUT2D eigenvalue weighted by molar-refractivity contribution is 0.174. The van der Waals surface area contributed by atoms with Crippen LogP contribution in [0, 0.1) is 0 Å². The van der Waals surface area contributed by atoms with Gasteiger partial charge in [-0.2, -0.15) is 0 Å². The number of piperidine rings is 1.